The van der Waals surface area contributed by atoms with Crippen molar-refractivity contribution in [2.45, 2.75) is 13.3 Å². The average molecular weight is 239 g/mol. The molecule has 1 aliphatic carbocycles. The van der Waals surface area contributed by atoms with Gasteiger partial charge in [-0.3, -0.25) is 4.79 Å². The van der Waals surface area contributed by atoms with Crippen molar-refractivity contribution in [1.29, 1.82) is 0 Å². The predicted molar refractivity (Wildman–Crippen MR) is 59.2 cm³/mol. The number of nitrogens with zero attached hydrogens (tertiary/aromatic N) is 1. The Hall–Kier alpha value is -1.78. The van der Waals surface area contributed by atoms with Crippen molar-refractivity contribution in [2.75, 3.05) is 0 Å². The van der Waals surface area contributed by atoms with Crippen molar-refractivity contribution >= 4 is 29.3 Å². The van der Waals surface area contributed by atoms with E-state index in [0.717, 1.165) is 0 Å². The Morgan fingerprint density at radius 1 is 1.50 bits per heavy atom. The van der Waals surface area contributed by atoms with Gasteiger partial charge in [0.05, 0.1) is 10.9 Å². The van der Waals surface area contributed by atoms with Gasteiger partial charge in [0.1, 0.15) is 5.41 Å². The number of carboxylic acids is 2. The van der Waals surface area contributed by atoms with Gasteiger partial charge in [0, 0.05) is 12.0 Å². The lowest BCUT2D eigenvalue weighted by molar-refractivity contribution is -0.146. The van der Waals surface area contributed by atoms with Gasteiger partial charge in [0.15, 0.2) is 0 Å². The zero-order chi connectivity index (χ0) is 12.3. The fourth-order valence-electron chi connectivity index (χ4n) is 1.44. The average Bonchev–Trinajstić information content (AvgIpc) is 2.21. The summed E-state index contributed by atoms with van der Waals surface area (Å²) in [5, 5.41) is 20.0. The number of carboxylic acid groups (broad SMARTS) is 2. The Balaban J connectivity index is 3.26. The second-order valence-electron chi connectivity index (χ2n) is 3.57. The van der Waals surface area contributed by atoms with Gasteiger partial charge >= 0.3 is 11.9 Å². The van der Waals surface area contributed by atoms with E-state index in [1.54, 1.807) is 0 Å². The molecule has 1 atom stereocenters. The van der Waals surface area contributed by atoms with E-state index in [9.17, 15) is 9.59 Å². The number of aliphatic carboxylic acids is 2. The minimum Gasteiger partial charge on any atom is -0.481 e. The molecular weight excluding hydrogens is 230 g/mol. The van der Waals surface area contributed by atoms with E-state index in [1.807, 2.05) is 0 Å². The zero-order valence-corrected chi connectivity index (χ0v) is 9.24. The van der Waals surface area contributed by atoms with Crippen LogP contribution >= 0.6 is 12.2 Å². The Morgan fingerprint density at radius 3 is 2.56 bits per heavy atom. The SMILES string of the molecule is CC1(C(=O)O)CC(C(=O)O)=CC=C1N=C=S. The fourth-order valence-corrected chi connectivity index (χ4v) is 1.53. The number of hydrogen-bond acceptors (Lipinski definition) is 4. The highest BCUT2D eigenvalue weighted by atomic mass is 32.1. The quantitative estimate of drug-likeness (QED) is 0.575. The first kappa shape index (κ1) is 12.3. The van der Waals surface area contributed by atoms with Crippen molar-refractivity contribution in [2.24, 2.45) is 10.4 Å². The second kappa shape index (κ2) is 4.38. The molecule has 0 saturated carbocycles. The third-order valence-corrected chi connectivity index (χ3v) is 2.56. The van der Waals surface area contributed by atoms with Crippen LogP contribution in [0.1, 0.15) is 13.3 Å². The first-order valence-corrected chi connectivity index (χ1v) is 4.78. The minimum atomic E-state index is -1.37. The second-order valence-corrected chi connectivity index (χ2v) is 3.75. The lowest BCUT2D eigenvalue weighted by atomic mass is 9.77. The standard InChI is InChI=1S/C10H9NO4S/c1-10(9(14)15)4-6(8(12)13)2-3-7(10)11-5-16/h2-3H,4H2,1H3,(H,12,13)(H,14,15). The summed E-state index contributed by atoms with van der Waals surface area (Å²) in [7, 11) is 0. The van der Waals surface area contributed by atoms with Crippen LogP contribution in [-0.4, -0.2) is 27.3 Å². The molecule has 6 heteroatoms. The molecule has 16 heavy (non-hydrogen) atoms. The van der Waals surface area contributed by atoms with Gasteiger partial charge in [-0.15, -0.1) is 0 Å². The Bertz CT molecular complexity index is 459. The number of carbonyl (C=O) groups is 2. The van der Waals surface area contributed by atoms with Crippen LogP contribution in [0.5, 0.6) is 0 Å². The molecule has 0 spiro atoms. The van der Waals surface area contributed by atoms with Crippen LogP contribution in [0, 0.1) is 5.41 Å². The van der Waals surface area contributed by atoms with Crippen LogP contribution in [0.3, 0.4) is 0 Å². The van der Waals surface area contributed by atoms with E-state index >= 15 is 0 Å². The fraction of sp³-hybridized carbons (Fsp3) is 0.300. The predicted octanol–water partition coefficient (Wildman–Crippen LogP) is 1.48. The molecule has 5 nitrogen and oxygen atoms in total. The normalized spacial score (nSPS) is 23.8. The smallest absolute Gasteiger partial charge is 0.331 e. The maximum Gasteiger partial charge on any atom is 0.331 e. The monoisotopic (exact) mass is 239 g/mol. The summed E-state index contributed by atoms with van der Waals surface area (Å²) in [6.45, 7) is 1.41. The highest BCUT2D eigenvalue weighted by Crippen LogP contribution is 2.38. The minimum absolute atomic E-state index is 0.0354. The van der Waals surface area contributed by atoms with Crippen molar-refractivity contribution in [3.8, 4) is 0 Å². The molecule has 0 saturated heterocycles. The van der Waals surface area contributed by atoms with Gasteiger partial charge in [-0.1, -0.05) is 0 Å². The zero-order valence-electron chi connectivity index (χ0n) is 8.43. The van der Waals surface area contributed by atoms with Crippen molar-refractivity contribution in [3.05, 3.63) is 23.4 Å². The molecule has 0 heterocycles. The van der Waals surface area contributed by atoms with Gasteiger partial charge in [0.2, 0.25) is 0 Å². The molecule has 0 aliphatic heterocycles. The van der Waals surface area contributed by atoms with Crippen LogP contribution in [0.15, 0.2) is 28.4 Å². The molecule has 84 valence electrons. The lowest BCUT2D eigenvalue weighted by Crippen LogP contribution is -2.32. The summed E-state index contributed by atoms with van der Waals surface area (Å²) in [5.41, 5.74) is -1.12. The summed E-state index contributed by atoms with van der Waals surface area (Å²) in [4.78, 5) is 25.6. The van der Waals surface area contributed by atoms with E-state index in [4.69, 9.17) is 10.2 Å². The van der Waals surface area contributed by atoms with Gasteiger partial charge in [-0.05, 0) is 31.3 Å². The van der Waals surface area contributed by atoms with Crippen LogP contribution in [0.2, 0.25) is 0 Å². The molecule has 2 N–H and O–H groups in total. The molecule has 0 aromatic carbocycles. The number of thiocarbonyl (C=S) groups is 1. The molecule has 0 bridgehead atoms. The molecular formula is C10H9NO4S. The van der Waals surface area contributed by atoms with Crippen molar-refractivity contribution in [1.82, 2.24) is 0 Å². The molecule has 1 aliphatic rings. The summed E-state index contributed by atoms with van der Waals surface area (Å²) < 4.78 is 0. The third kappa shape index (κ3) is 2.08. The van der Waals surface area contributed by atoms with E-state index in [2.05, 4.69) is 22.4 Å². The number of rotatable bonds is 3. The molecule has 0 amide bonds. The largest absolute Gasteiger partial charge is 0.481 e. The lowest BCUT2D eigenvalue weighted by Gasteiger charge is -2.27. The Kier molecular flexibility index (Phi) is 3.37. The third-order valence-electron chi connectivity index (χ3n) is 2.46. The van der Waals surface area contributed by atoms with E-state index in [0.29, 0.717) is 0 Å². The van der Waals surface area contributed by atoms with Gasteiger partial charge in [-0.25, -0.2) is 4.79 Å². The molecule has 0 radical (unpaired) electrons. The molecule has 0 fully saturated rings. The van der Waals surface area contributed by atoms with Gasteiger partial charge in [0.25, 0.3) is 0 Å². The maximum atomic E-state index is 11.1. The highest BCUT2D eigenvalue weighted by Gasteiger charge is 2.41. The van der Waals surface area contributed by atoms with E-state index in [1.165, 1.54) is 19.1 Å². The van der Waals surface area contributed by atoms with Crippen LogP contribution in [0.25, 0.3) is 0 Å². The van der Waals surface area contributed by atoms with Gasteiger partial charge in [-0.2, -0.15) is 4.99 Å². The number of aliphatic imine (C=N–C) groups is 1. The first-order valence-electron chi connectivity index (χ1n) is 4.37. The number of allylic oxidation sites excluding steroid dienone is 2. The summed E-state index contributed by atoms with van der Waals surface area (Å²) in [6, 6.07) is 0. The van der Waals surface area contributed by atoms with Crippen LogP contribution < -0.4 is 0 Å². The Labute approximate surface area is 96.8 Å². The van der Waals surface area contributed by atoms with Crippen molar-refractivity contribution < 1.29 is 19.8 Å². The molecule has 1 unspecified atom stereocenters. The van der Waals surface area contributed by atoms with E-state index < -0.39 is 17.4 Å². The summed E-state index contributed by atoms with van der Waals surface area (Å²) in [5.74, 6) is -2.27. The Morgan fingerprint density at radius 2 is 2.12 bits per heavy atom. The van der Waals surface area contributed by atoms with Gasteiger partial charge < -0.3 is 10.2 Å². The van der Waals surface area contributed by atoms with Crippen LogP contribution in [0.4, 0.5) is 0 Å². The number of isothiocyanates is 1. The topological polar surface area (TPSA) is 87.0 Å². The summed E-state index contributed by atoms with van der Waals surface area (Å²) >= 11 is 4.42. The van der Waals surface area contributed by atoms with Crippen LogP contribution in [-0.2, 0) is 9.59 Å². The summed E-state index contributed by atoms with van der Waals surface area (Å²) in [6.07, 6.45) is 2.56. The first-order chi connectivity index (χ1) is 7.41. The van der Waals surface area contributed by atoms with Crippen molar-refractivity contribution in [3.63, 3.8) is 0 Å². The number of hydrogen-bond donors (Lipinski definition) is 2. The maximum absolute atomic E-state index is 11.1. The molecule has 0 aromatic rings. The highest BCUT2D eigenvalue weighted by molar-refractivity contribution is 7.78. The van der Waals surface area contributed by atoms with E-state index in [-0.39, 0.29) is 17.7 Å². The molecule has 1 rings (SSSR count). The molecule has 0 aromatic heterocycles.